The molecule has 2 heterocycles. The lowest BCUT2D eigenvalue weighted by Gasteiger charge is -2.03. The van der Waals surface area contributed by atoms with Gasteiger partial charge in [0.15, 0.2) is 10.9 Å². The largest absolute Gasteiger partial charge is 0.497 e. The van der Waals surface area contributed by atoms with Gasteiger partial charge in [-0.15, -0.1) is 11.3 Å². The molecule has 0 aliphatic heterocycles. The predicted octanol–water partition coefficient (Wildman–Crippen LogP) is 3.25. The van der Waals surface area contributed by atoms with Crippen LogP contribution in [-0.2, 0) is 0 Å². The highest BCUT2D eigenvalue weighted by atomic mass is 32.1. The summed E-state index contributed by atoms with van der Waals surface area (Å²) in [4.78, 5) is 24.1. The first-order chi connectivity index (χ1) is 11.2. The number of benzene rings is 1. The first kappa shape index (κ1) is 14.9. The number of carbonyl (C=O) groups is 1. The Morgan fingerprint density at radius 3 is 2.96 bits per heavy atom. The quantitative estimate of drug-likeness (QED) is 0.768. The number of carbonyl (C=O) groups excluding carboxylic acids is 1. The van der Waals surface area contributed by atoms with Crippen molar-refractivity contribution in [3.05, 3.63) is 48.2 Å². The van der Waals surface area contributed by atoms with Gasteiger partial charge in [-0.05, 0) is 12.1 Å². The van der Waals surface area contributed by atoms with Crippen molar-refractivity contribution >= 4 is 28.3 Å². The van der Waals surface area contributed by atoms with Gasteiger partial charge in [-0.3, -0.25) is 15.6 Å². The molecule has 3 aromatic rings. The summed E-state index contributed by atoms with van der Waals surface area (Å²) in [5, 5.41) is 7.61. The van der Waals surface area contributed by atoms with Crippen LogP contribution in [0.3, 0.4) is 0 Å². The molecule has 0 radical (unpaired) electrons. The SMILES string of the molecule is COc1cccc(-c2csc(NC(=O)Nc3cnccn3)n2)c1. The van der Waals surface area contributed by atoms with Crippen molar-refractivity contribution in [2.24, 2.45) is 0 Å². The number of amides is 2. The zero-order chi connectivity index (χ0) is 16.1. The zero-order valence-electron chi connectivity index (χ0n) is 12.2. The summed E-state index contributed by atoms with van der Waals surface area (Å²) in [6.45, 7) is 0. The molecular formula is C15H13N5O2S. The summed E-state index contributed by atoms with van der Waals surface area (Å²) in [7, 11) is 1.62. The van der Waals surface area contributed by atoms with Gasteiger partial charge in [-0.1, -0.05) is 12.1 Å². The second kappa shape index (κ2) is 6.84. The second-order valence-electron chi connectivity index (χ2n) is 4.44. The van der Waals surface area contributed by atoms with Gasteiger partial charge in [0.2, 0.25) is 0 Å². The number of methoxy groups -OCH3 is 1. The monoisotopic (exact) mass is 327 g/mol. The minimum Gasteiger partial charge on any atom is -0.497 e. The van der Waals surface area contributed by atoms with E-state index in [0.717, 1.165) is 17.0 Å². The molecule has 0 aliphatic carbocycles. The number of anilines is 2. The fourth-order valence-corrected chi connectivity index (χ4v) is 2.57. The topological polar surface area (TPSA) is 89.0 Å². The normalized spacial score (nSPS) is 10.1. The van der Waals surface area contributed by atoms with Gasteiger partial charge in [0, 0.05) is 23.3 Å². The Hall–Kier alpha value is -3.00. The van der Waals surface area contributed by atoms with E-state index in [2.05, 4.69) is 25.6 Å². The van der Waals surface area contributed by atoms with E-state index in [4.69, 9.17) is 4.74 Å². The van der Waals surface area contributed by atoms with Crippen molar-refractivity contribution < 1.29 is 9.53 Å². The molecule has 23 heavy (non-hydrogen) atoms. The molecule has 7 nitrogen and oxygen atoms in total. The van der Waals surface area contributed by atoms with Gasteiger partial charge in [-0.2, -0.15) is 0 Å². The molecule has 2 amide bonds. The number of hydrogen-bond donors (Lipinski definition) is 2. The summed E-state index contributed by atoms with van der Waals surface area (Å²) in [6.07, 6.45) is 4.49. The third-order valence-electron chi connectivity index (χ3n) is 2.89. The molecule has 0 bridgehead atoms. The number of ether oxygens (including phenoxy) is 1. The number of rotatable bonds is 4. The molecule has 1 aromatic carbocycles. The molecular weight excluding hydrogens is 314 g/mol. The standard InChI is InChI=1S/C15H13N5O2S/c1-22-11-4-2-3-10(7-11)12-9-23-15(18-12)20-14(21)19-13-8-16-5-6-17-13/h2-9H,1H3,(H2,17,18,19,20,21). The van der Waals surface area contributed by atoms with E-state index in [9.17, 15) is 4.79 Å². The van der Waals surface area contributed by atoms with Crippen LogP contribution in [0.1, 0.15) is 0 Å². The van der Waals surface area contributed by atoms with E-state index in [1.165, 1.54) is 29.9 Å². The van der Waals surface area contributed by atoms with Crippen LogP contribution >= 0.6 is 11.3 Å². The first-order valence-corrected chi connectivity index (χ1v) is 7.56. The van der Waals surface area contributed by atoms with Crippen LogP contribution in [-0.4, -0.2) is 28.1 Å². The maximum Gasteiger partial charge on any atom is 0.326 e. The summed E-state index contributed by atoms with van der Waals surface area (Å²) in [5.74, 6) is 1.12. The fourth-order valence-electron chi connectivity index (χ4n) is 1.85. The molecule has 0 spiro atoms. The predicted molar refractivity (Wildman–Crippen MR) is 88.8 cm³/mol. The highest BCUT2D eigenvalue weighted by molar-refractivity contribution is 7.14. The Kier molecular flexibility index (Phi) is 4.44. The first-order valence-electron chi connectivity index (χ1n) is 6.68. The number of nitrogens with one attached hydrogen (secondary N) is 2. The molecule has 116 valence electrons. The summed E-state index contributed by atoms with van der Waals surface area (Å²) in [5.41, 5.74) is 1.69. The maximum atomic E-state index is 11.9. The molecule has 0 unspecified atom stereocenters. The van der Waals surface area contributed by atoms with Gasteiger partial charge in [0.05, 0.1) is 19.0 Å². The average Bonchev–Trinajstić information content (AvgIpc) is 3.04. The lowest BCUT2D eigenvalue weighted by atomic mass is 10.2. The summed E-state index contributed by atoms with van der Waals surface area (Å²) >= 11 is 1.34. The molecule has 8 heteroatoms. The Morgan fingerprint density at radius 2 is 2.17 bits per heavy atom. The Morgan fingerprint density at radius 1 is 1.26 bits per heavy atom. The van der Waals surface area contributed by atoms with Crippen molar-refractivity contribution in [2.45, 2.75) is 0 Å². The van der Waals surface area contributed by atoms with Crippen LogP contribution in [0.15, 0.2) is 48.2 Å². The van der Waals surface area contributed by atoms with Crippen LogP contribution in [0.2, 0.25) is 0 Å². The van der Waals surface area contributed by atoms with E-state index in [1.54, 1.807) is 7.11 Å². The van der Waals surface area contributed by atoms with Crippen LogP contribution in [0.5, 0.6) is 5.75 Å². The third kappa shape index (κ3) is 3.80. The maximum absolute atomic E-state index is 11.9. The van der Waals surface area contributed by atoms with Crippen LogP contribution < -0.4 is 15.4 Å². The van der Waals surface area contributed by atoms with Gasteiger partial charge < -0.3 is 4.74 Å². The molecule has 2 aromatic heterocycles. The average molecular weight is 327 g/mol. The van der Waals surface area contributed by atoms with E-state index in [-0.39, 0.29) is 0 Å². The summed E-state index contributed by atoms with van der Waals surface area (Å²) < 4.78 is 5.20. The molecule has 0 saturated heterocycles. The molecule has 3 rings (SSSR count). The Balaban J connectivity index is 1.68. The Labute approximate surface area is 136 Å². The lowest BCUT2D eigenvalue weighted by Crippen LogP contribution is -2.20. The van der Waals surface area contributed by atoms with Crippen molar-refractivity contribution in [1.82, 2.24) is 15.0 Å². The van der Waals surface area contributed by atoms with Gasteiger partial charge in [0.25, 0.3) is 0 Å². The van der Waals surface area contributed by atoms with Crippen LogP contribution in [0, 0.1) is 0 Å². The molecule has 2 N–H and O–H groups in total. The van der Waals surface area contributed by atoms with E-state index >= 15 is 0 Å². The highest BCUT2D eigenvalue weighted by Crippen LogP contribution is 2.27. The second-order valence-corrected chi connectivity index (χ2v) is 5.30. The molecule has 0 atom stereocenters. The van der Waals surface area contributed by atoms with Crippen molar-refractivity contribution in [2.75, 3.05) is 17.7 Å². The van der Waals surface area contributed by atoms with E-state index < -0.39 is 6.03 Å². The number of thiazole rings is 1. The summed E-state index contributed by atoms with van der Waals surface area (Å²) in [6, 6.07) is 7.15. The number of urea groups is 1. The Bertz CT molecular complexity index is 806. The van der Waals surface area contributed by atoms with Crippen LogP contribution in [0.4, 0.5) is 15.7 Å². The number of nitrogens with zero attached hydrogens (tertiary/aromatic N) is 3. The van der Waals surface area contributed by atoms with Crippen molar-refractivity contribution in [1.29, 1.82) is 0 Å². The highest BCUT2D eigenvalue weighted by Gasteiger charge is 2.09. The van der Waals surface area contributed by atoms with E-state index in [1.807, 2.05) is 29.6 Å². The van der Waals surface area contributed by atoms with Crippen LogP contribution in [0.25, 0.3) is 11.3 Å². The van der Waals surface area contributed by atoms with Gasteiger partial charge in [0.1, 0.15) is 5.75 Å². The number of aromatic nitrogens is 3. The molecule has 0 saturated carbocycles. The minimum atomic E-state index is -0.419. The van der Waals surface area contributed by atoms with Gasteiger partial charge >= 0.3 is 6.03 Å². The fraction of sp³-hybridized carbons (Fsp3) is 0.0667. The van der Waals surface area contributed by atoms with E-state index in [0.29, 0.717) is 10.9 Å². The van der Waals surface area contributed by atoms with Crippen molar-refractivity contribution in [3.8, 4) is 17.0 Å². The van der Waals surface area contributed by atoms with Crippen molar-refractivity contribution in [3.63, 3.8) is 0 Å². The zero-order valence-corrected chi connectivity index (χ0v) is 13.0. The number of hydrogen-bond acceptors (Lipinski definition) is 6. The third-order valence-corrected chi connectivity index (χ3v) is 3.65. The lowest BCUT2D eigenvalue weighted by molar-refractivity contribution is 0.262. The minimum absolute atomic E-state index is 0.370. The van der Waals surface area contributed by atoms with Gasteiger partial charge in [-0.25, -0.2) is 14.8 Å². The molecule has 0 fully saturated rings. The smallest absolute Gasteiger partial charge is 0.326 e. The molecule has 0 aliphatic rings.